The van der Waals surface area contributed by atoms with Gasteiger partial charge < -0.3 is 5.21 Å². The van der Waals surface area contributed by atoms with Gasteiger partial charge in [0.25, 0.3) is 5.96 Å². The van der Waals surface area contributed by atoms with E-state index in [0.29, 0.717) is 0 Å². The summed E-state index contributed by atoms with van der Waals surface area (Å²) in [4.78, 5) is 5.28. The molecule has 0 spiro atoms. The zero-order valence-corrected chi connectivity index (χ0v) is 17.0. The van der Waals surface area contributed by atoms with Gasteiger partial charge in [-0.3, -0.25) is 0 Å². The molecule has 0 aromatic carbocycles. The van der Waals surface area contributed by atoms with Gasteiger partial charge in [-0.15, -0.1) is 33.4 Å². The predicted molar refractivity (Wildman–Crippen MR) is 103 cm³/mol. The maximum atomic E-state index is 9.85. The van der Waals surface area contributed by atoms with Gasteiger partial charge in [0.2, 0.25) is 11.6 Å². The van der Waals surface area contributed by atoms with Gasteiger partial charge in [-0.1, -0.05) is 10.4 Å². The van der Waals surface area contributed by atoms with E-state index in [2.05, 4.69) is 75.7 Å². The Kier molecular flexibility index (Phi) is 5.96. The van der Waals surface area contributed by atoms with Crippen LogP contribution in [0.4, 0.5) is 11.6 Å². The van der Waals surface area contributed by atoms with Crippen molar-refractivity contribution in [1.82, 2.24) is 50.6 Å². The SMILES string of the molecule is [N-]=[N+]=Nc1nonc1-c1c(CCl)nnn1C(=NO)n1nnc(CCl)c1-c1nonc1N=[N+]=[N-]. The van der Waals surface area contributed by atoms with Crippen molar-refractivity contribution in [2.45, 2.75) is 11.8 Å². The van der Waals surface area contributed by atoms with E-state index in [1.54, 1.807) is 0 Å². The Balaban J connectivity index is 1.96. The molecule has 0 radical (unpaired) electrons. The van der Waals surface area contributed by atoms with Crippen LogP contribution in [0.5, 0.6) is 0 Å². The number of nitrogens with zero attached hydrogens (tertiary/aromatic N) is 17. The largest absolute Gasteiger partial charge is 0.408 e. The van der Waals surface area contributed by atoms with Gasteiger partial charge in [-0.25, -0.2) is 9.26 Å². The van der Waals surface area contributed by atoms with Crippen molar-refractivity contribution in [2.24, 2.45) is 15.4 Å². The van der Waals surface area contributed by atoms with Crippen LogP contribution in [0.1, 0.15) is 11.4 Å². The van der Waals surface area contributed by atoms with Gasteiger partial charge >= 0.3 is 0 Å². The second-order valence-corrected chi connectivity index (χ2v) is 6.05. The summed E-state index contributed by atoms with van der Waals surface area (Å²) in [6.07, 6.45) is 0. The number of hydrogen-bond donors (Lipinski definition) is 1. The first-order valence-corrected chi connectivity index (χ1v) is 9.25. The third-order valence-electron chi connectivity index (χ3n) is 3.87. The summed E-state index contributed by atoms with van der Waals surface area (Å²) in [6.45, 7) is 0. The molecule has 0 unspecified atom stereocenters. The zero-order chi connectivity index (χ0) is 23.4. The maximum Gasteiger partial charge on any atom is 0.292 e. The molecular weight excluding hydrogens is 489 g/mol. The van der Waals surface area contributed by atoms with Gasteiger partial charge in [-0.2, -0.15) is 9.36 Å². The Hall–Kier alpha value is -4.77. The molecule has 0 amide bonds. The molecule has 0 fully saturated rings. The lowest BCUT2D eigenvalue weighted by molar-refractivity contribution is 0.308. The molecule has 4 heterocycles. The first kappa shape index (κ1) is 21.5. The molecule has 22 heteroatoms. The van der Waals surface area contributed by atoms with Crippen LogP contribution >= 0.6 is 23.2 Å². The van der Waals surface area contributed by atoms with Crippen LogP contribution in [0.3, 0.4) is 0 Å². The van der Waals surface area contributed by atoms with Crippen molar-refractivity contribution in [3.05, 3.63) is 32.3 Å². The average Bonchev–Trinajstić information content (AvgIpc) is 3.61. The quantitative estimate of drug-likeness (QED) is 0.0594. The zero-order valence-electron chi connectivity index (χ0n) is 15.5. The van der Waals surface area contributed by atoms with Gasteiger partial charge in [-0.05, 0) is 47.1 Å². The first-order chi connectivity index (χ1) is 16.2. The van der Waals surface area contributed by atoms with E-state index >= 15 is 0 Å². The highest BCUT2D eigenvalue weighted by Gasteiger charge is 2.30. The molecule has 0 aliphatic rings. The summed E-state index contributed by atoms with van der Waals surface area (Å²) in [7, 11) is 0. The minimum Gasteiger partial charge on any atom is -0.408 e. The summed E-state index contributed by atoms with van der Waals surface area (Å²) < 4.78 is 11.1. The van der Waals surface area contributed by atoms with E-state index in [4.69, 9.17) is 34.3 Å². The molecule has 0 atom stereocenters. The second kappa shape index (κ2) is 9.16. The summed E-state index contributed by atoms with van der Waals surface area (Å²) >= 11 is 11.9. The minimum atomic E-state index is -0.447. The Bertz CT molecular complexity index is 1330. The fraction of sp³-hybridized carbons (Fsp3) is 0.182. The summed E-state index contributed by atoms with van der Waals surface area (Å²) in [6, 6.07) is 0. The van der Waals surface area contributed by atoms with Crippen molar-refractivity contribution in [3.63, 3.8) is 0 Å². The summed E-state index contributed by atoms with van der Waals surface area (Å²) in [5, 5.41) is 49.7. The van der Waals surface area contributed by atoms with Crippen LogP contribution in [0, 0.1) is 0 Å². The number of oxime groups is 1. The molecular formula is C11H5Cl2N17O3. The van der Waals surface area contributed by atoms with Gasteiger partial charge in [0, 0.05) is 9.82 Å². The molecule has 0 saturated heterocycles. The molecule has 0 bridgehead atoms. The van der Waals surface area contributed by atoms with Crippen molar-refractivity contribution in [3.8, 4) is 22.8 Å². The van der Waals surface area contributed by atoms with Crippen LogP contribution in [-0.2, 0) is 11.8 Å². The molecule has 4 aromatic rings. The van der Waals surface area contributed by atoms with Crippen molar-refractivity contribution >= 4 is 40.8 Å². The number of aromatic nitrogens is 10. The molecule has 0 aliphatic heterocycles. The lowest BCUT2D eigenvalue weighted by atomic mass is 10.2. The third kappa shape index (κ3) is 3.62. The second-order valence-electron chi connectivity index (χ2n) is 5.51. The number of rotatable bonds is 6. The lowest BCUT2D eigenvalue weighted by Crippen LogP contribution is -2.26. The molecule has 166 valence electrons. The summed E-state index contributed by atoms with van der Waals surface area (Å²) in [5.41, 5.74) is 17.5. The van der Waals surface area contributed by atoms with Crippen LogP contribution in [0.15, 0.2) is 24.6 Å². The number of hydrogen-bond acceptors (Lipinski definition) is 14. The molecule has 4 rings (SSSR count). The Morgan fingerprint density at radius 1 is 0.848 bits per heavy atom. The third-order valence-corrected chi connectivity index (χ3v) is 4.38. The van der Waals surface area contributed by atoms with E-state index in [1.807, 2.05) is 0 Å². The van der Waals surface area contributed by atoms with Crippen molar-refractivity contribution in [1.29, 1.82) is 0 Å². The smallest absolute Gasteiger partial charge is 0.292 e. The van der Waals surface area contributed by atoms with Crippen LogP contribution in [-0.4, -0.2) is 61.8 Å². The first-order valence-electron chi connectivity index (χ1n) is 8.18. The highest BCUT2D eigenvalue weighted by molar-refractivity contribution is 6.17. The standard InChI is InChI=1S/C11H5Cl2N17O3/c12-1-3-7(5-9(18-25-14)23-32-21-5)29(27-16-3)11(20-31)30-8(4(2-13)17-28-30)6-10(19-26-15)24-33-22-6/h31H,1-2H2. The van der Waals surface area contributed by atoms with E-state index < -0.39 is 5.96 Å². The summed E-state index contributed by atoms with van der Waals surface area (Å²) in [5.74, 6) is -1.34. The van der Waals surface area contributed by atoms with Crippen LogP contribution in [0.2, 0.25) is 0 Å². The highest BCUT2D eigenvalue weighted by Crippen LogP contribution is 2.32. The average molecular weight is 494 g/mol. The molecule has 1 N–H and O–H groups in total. The predicted octanol–water partition coefficient (Wildman–Crippen LogP) is 2.47. The fourth-order valence-electron chi connectivity index (χ4n) is 2.62. The molecule has 4 aromatic heterocycles. The van der Waals surface area contributed by atoms with Gasteiger partial charge in [0.1, 0.15) is 22.8 Å². The molecule has 0 aliphatic carbocycles. The van der Waals surface area contributed by atoms with E-state index in [0.717, 1.165) is 9.36 Å². The Labute approximate surface area is 188 Å². The van der Waals surface area contributed by atoms with Crippen molar-refractivity contribution < 1.29 is 14.5 Å². The normalized spacial score (nSPS) is 10.5. The monoisotopic (exact) mass is 493 g/mol. The highest BCUT2D eigenvalue weighted by atomic mass is 35.5. The minimum absolute atomic E-state index is 0.0103. The topological polar surface area (TPSA) is 269 Å². The number of alkyl halides is 2. The molecule has 0 saturated carbocycles. The van der Waals surface area contributed by atoms with Crippen LogP contribution < -0.4 is 0 Å². The maximum absolute atomic E-state index is 9.85. The number of azide groups is 2. The fourth-order valence-corrected chi connectivity index (χ4v) is 2.98. The van der Waals surface area contributed by atoms with E-state index in [1.165, 1.54) is 0 Å². The number of halogens is 2. The van der Waals surface area contributed by atoms with Gasteiger partial charge in [0.05, 0.1) is 11.8 Å². The lowest BCUT2D eigenvalue weighted by Gasteiger charge is -2.09. The Morgan fingerprint density at radius 3 is 1.67 bits per heavy atom. The van der Waals surface area contributed by atoms with Crippen LogP contribution in [0.25, 0.3) is 43.7 Å². The molecule has 33 heavy (non-hydrogen) atoms. The molecule has 20 nitrogen and oxygen atoms in total. The van der Waals surface area contributed by atoms with Gasteiger partial charge in [0.15, 0.2) is 11.4 Å². The Morgan fingerprint density at radius 2 is 1.30 bits per heavy atom. The van der Waals surface area contributed by atoms with E-state index in [-0.39, 0.29) is 57.6 Å². The van der Waals surface area contributed by atoms with E-state index in [9.17, 15) is 5.21 Å². The van der Waals surface area contributed by atoms with Crippen molar-refractivity contribution in [2.75, 3.05) is 0 Å².